The van der Waals surface area contributed by atoms with Crippen molar-refractivity contribution in [3.8, 4) is 0 Å². The number of carbonyl (C=O) groups is 1. The van der Waals surface area contributed by atoms with Crippen molar-refractivity contribution in [1.29, 1.82) is 0 Å². The highest BCUT2D eigenvalue weighted by atomic mass is 35.5. The molecule has 92 valence electrons. The topological polar surface area (TPSA) is 91.4 Å². The van der Waals surface area contributed by atoms with E-state index in [0.29, 0.717) is 0 Å². The number of hydrogen-bond donors (Lipinski definition) is 0. The van der Waals surface area contributed by atoms with Crippen LogP contribution in [0.25, 0.3) is 0 Å². The lowest BCUT2D eigenvalue weighted by Gasteiger charge is -2.05. The van der Waals surface area contributed by atoms with Crippen molar-refractivity contribution in [3.05, 3.63) is 37.8 Å². The predicted molar refractivity (Wildman–Crippen MR) is 59.0 cm³/mol. The van der Waals surface area contributed by atoms with Crippen molar-refractivity contribution in [1.82, 2.24) is 4.57 Å². The van der Waals surface area contributed by atoms with Gasteiger partial charge < -0.3 is 4.74 Å². The summed E-state index contributed by atoms with van der Waals surface area (Å²) in [7, 11) is 0. The van der Waals surface area contributed by atoms with Crippen molar-refractivity contribution < 1.29 is 14.5 Å². The van der Waals surface area contributed by atoms with E-state index in [-0.39, 0.29) is 18.2 Å². The van der Waals surface area contributed by atoms with Gasteiger partial charge in [0.1, 0.15) is 11.6 Å². The Morgan fingerprint density at radius 2 is 2.29 bits per heavy atom. The Bertz CT molecular complexity index is 511. The Kier molecular flexibility index (Phi) is 4.22. The lowest BCUT2D eigenvalue weighted by Crippen LogP contribution is -2.26. The van der Waals surface area contributed by atoms with Crippen molar-refractivity contribution in [3.63, 3.8) is 0 Å². The lowest BCUT2D eigenvalue weighted by atomic mass is 10.4. The summed E-state index contributed by atoms with van der Waals surface area (Å²) in [6.45, 7) is 1.40. The van der Waals surface area contributed by atoms with E-state index in [1.165, 1.54) is 12.3 Å². The van der Waals surface area contributed by atoms with Gasteiger partial charge in [0.05, 0.1) is 11.5 Å². The van der Waals surface area contributed by atoms with E-state index in [1.54, 1.807) is 6.92 Å². The van der Waals surface area contributed by atoms with Crippen molar-refractivity contribution in [2.45, 2.75) is 13.5 Å². The number of halogens is 1. The van der Waals surface area contributed by atoms with E-state index in [9.17, 15) is 19.7 Å². The van der Waals surface area contributed by atoms with E-state index in [1.807, 2.05) is 0 Å². The van der Waals surface area contributed by atoms with Crippen LogP contribution < -0.4 is 5.56 Å². The molecule has 0 saturated heterocycles. The van der Waals surface area contributed by atoms with Crippen LogP contribution in [-0.4, -0.2) is 22.1 Å². The number of pyridine rings is 1. The molecular weight excluding hydrogens is 252 g/mol. The van der Waals surface area contributed by atoms with Gasteiger partial charge >= 0.3 is 17.2 Å². The van der Waals surface area contributed by atoms with E-state index >= 15 is 0 Å². The maximum absolute atomic E-state index is 11.6. The fourth-order valence-corrected chi connectivity index (χ4v) is 1.38. The molecule has 17 heavy (non-hydrogen) atoms. The standard InChI is InChI=1S/C9H9ClN2O5/c1-2-17-7(13)5-11-4-3-6(10)8(9(11)14)12(15)16/h3-4H,2,5H2,1H3. The fraction of sp³-hybridized carbons (Fsp3) is 0.333. The summed E-state index contributed by atoms with van der Waals surface area (Å²) in [4.78, 5) is 32.5. The van der Waals surface area contributed by atoms with Gasteiger partial charge in [-0.25, -0.2) is 0 Å². The monoisotopic (exact) mass is 260 g/mol. The first-order valence-electron chi connectivity index (χ1n) is 4.66. The van der Waals surface area contributed by atoms with Crippen LogP contribution in [0.2, 0.25) is 5.02 Å². The van der Waals surface area contributed by atoms with Crippen LogP contribution in [-0.2, 0) is 16.1 Å². The summed E-state index contributed by atoms with van der Waals surface area (Å²) in [5, 5.41) is 10.3. The van der Waals surface area contributed by atoms with Gasteiger partial charge in [-0.1, -0.05) is 11.6 Å². The van der Waals surface area contributed by atoms with Crippen molar-refractivity contribution in [2.75, 3.05) is 6.61 Å². The first-order chi connectivity index (χ1) is 7.97. The summed E-state index contributed by atoms with van der Waals surface area (Å²) >= 11 is 5.52. The van der Waals surface area contributed by atoms with Gasteiger partial charge in [0.2, 0.25) is 0 Å². The number of esters is 1. The van der Waals surface area contributed by atoms with Gasteiger partial charge in [0, 0.05) is 6.20 Å². The molecule has 0 aliphatic carbocycles. The average Bonchev–Trinajstić information content (AvgIpc) is 2.22. The average molecular weight is 261 g/mol. The van der Waals surface area contributed by atoms with Crippen LogP contribution in [0.5, 0.6) is 0 Å². The fourth-order valence-electron chi connectivity index (χ4n) is 1.18. The number of aromatic nitrogens is 1. The summed E-state index contributed by atoms with van der Waals surface area (Å²) in [6, 6.07) is 1.18. The third kappa shape index (κ3) is 3.04. The molecule has 0 spiro atoms. The number of nitrogens with zero attached hydrogens (tertiary/aromatic N) is 2. The Hall–Kier alpha value is -1.89. The largest absolute Gasteiger partial charge is 0.465 e. The number of carbonyl (C=O) groups excluding carboxylic acids is 1. The van der Waals surface area contributed by atoms with Crippen LogP contribution in [0.1, 0.15) is 6.92 Å². The third-order valence-electron chi connectivity index (χ3n) is 1.88. The normalized spacial score (nSPS) is 10.0. The molecule has 0 bridgehead atoms. The Morgan fingerprint density at radius 3 is 2.82 bits per heavy atom. The summed E-state index contributed by atoms with van der Waals surface area (Å²) in [6.07, 6.45) is 1.20. The molecule has 0 saturated carbocycles. The summed E-state index contributed by atoms with van der Waals surface area (Å²) in [5.41, 5.74) is -1.69. The number of hydrogen-bond acceptors (Lipinski definition) is 5. The Balaban J connectivity index is 3.12. The SMILES string of the molecule is CCOC(=O)Cn1ccc(Cl)c([N+](=O)[O-])c1=O. The van der Waals surface area contributed by atoms with Crippen molar-refractivity contribution >= 4 is 23.3 Å². The molecule has 0 N–H and O–H groups in total. The summed E-state index contributed by atoms with van der Waals surface area (Å²) < 4.78 is 5.51. The van der Waals surface area contributed by atoms with Crippen molar-refractivity contribution in [2.24, 2.45) is 0 Å². The van der Waals surface area contributed by atoms with Gasteiger partial charge in [-0.3, -0.25) is 24.3 Å². The lowest BCUT2D eigenvalue weighted by molar-refractivity contribution is -0.386. The number of nitro groups is 1. The highest BCUT2D eigenvalue weighted by molar-refractivity contribution is 6.32. The van der Waals surface area contributed by atoms with E-state index in [4.69, 9.17) is 11.6 Å². The molecule has 7 nitrogen and oxygen atoms in total. The predicted octanol–water partition coefficient (Wildman–Crippen LogP) is 0.973. The molecule has 0 aliphatic rings. The van der Waals surface area contributed by atoms with Crippen LogP contribution in [0.3, 0.4) is 0 Å². The second-order valence-corrected chi connectivity index (χ2v) is 3.41. The number of ether oxygens (including phenoxy) is 1. The van der Waals surface area contributed by atoms with Crippen LogP contribution in [0, 0.1) is 10.1 Å². The molecule has 1 rings (SSSR count). The molecule has 0 aliphatic heterocycles. The maximum atomic E-state index is 11.6. The molecule has 0 aromatic carbocycles. The molecule has 1 heterocycles. The zero-order valence-electron chi connectivity index (χ0n) is 8.88. The maximum Gasteiger partial charge on any atom is 0.352 e. The summed E-state index contributed by atoms with van der Waals surface area (Å²) in [5.74, 6) is -0.647. The zero-order chi connectivity index (χ0) is 13.0. The minimum Gasteiger partial charge on any atom is -0.465 e. The van der Waals surface area contributed by atoms with Crippen LogP contribution in [0.4, 0.5) is 5.69 Å². The van der Waals surface area contributed by atoms with E-state index in [2.05, 4.69) is 4.74 Å². The smallest absolute Gasteiger partial charge is 0.352 e. The second-order valence-electron chi connectivity index (χ2n) is 3.01. The third-order valence-corrected chi connectivity index (χ3v) is 2.18. The van der Waals surface area contributed by atoms with Crippen LogP contribution in [0.15, 0.2) is 17.1 Å². The zero-order valence-corrected chi connectivity index (χ0v) is 9.64. The molecule has 0 radical (unpaired) electrons. The van der Waals surface area contributed by atoms with Gasteiger partial charge in [0.15, 0.2) is 0 Å². The quantitative estimate of drug-likeness (QED) is 0.457. The van der Waals surface area contributed by atoms with Crippen LogP contribution >= 0.6 is 11.6 Å². The molecule has 1 aromatic heterocycles. The van der Waals surface area contributed by atoms with E-state index < -0.39 is 22.1 Å². The molecule has 8 heteroatoms. The molecular formula is C9H9ClN2O5. The minimum absolute atomic E-state index is 0.170. The van der Waals surface area contributed by atoms with Gasteiger partial charge in [0.25, 0.3) is 0 Å². The minimum atomic E-state index is -0.935. The molecule has 0 atom stereocenters. The van der Waals surface area contributed by atoms with Gasteiger partial charge in [-0.15, -0.1) is 0 Å². The first-order valence-corrected chi connectivity index (χ1v) is 5.04. The molecule has 1 aromatic rings. The van der Waals surface area contributed by atoms with Gasteiger partial charge in [-0.2, -0.15) is 0 Å². The highest BCUT2D eigenvalue weighted by Crippen LogP contribution is 2.18. The molecule has 0 unspecified atom stereocenters. The molecule has 0 amide bonds. The highest BCUT2D eigenvalue weighted by Gasteiger charge is 2.20. The Morgan fingerprint density at radius 1 is 1.65 bits per heavy atom. The van der Waals surface area contributed by atoms with Gasteiger partial charge in [-0.05, 0) is 13.0 Å². The second kappa shape index (κ2) is 5.44. The molecule has 0 fully saturated rings. The van der Waals surface area contributed by atoms with E-state index in [0.717, 1.165) is 4.57 Å². The number of rotatable bonds is 4. The Labute approximate surface area is 101 Å². The first kappa shape index (κ1) is 13.2.